The lowest BCUT2D eigenvalue weighted by molar-refractivity contribution is 0.0866. The number of aliphatic hydroxyl groups excluding tert-OH is 3. The van der Waals surface area contributed by atoms with Crippen molar-refractivity contribution >= 4 is 34.2 Å². The Balaban J connectivity index is 1.57. The Kier molecular flexibility index (Phi) is 9.55. The molecule has 0 aliphatic carbocycles. The molecule has 0 amide bonds. The highest BCUT2D eigenvalue weighted by molar-refractivity contribution is 14.1. The van der Waals surface area contributed by atoms with Crippen molar-refractivity contribution in [1.82, 2.24) is 15.0 Å². The Bertz CT molecular complexity index is 1040. The first-order valence-corrected chi connectivity index (χ1v) is 12.4. The van der Waals surface area contributed by atoms with Gasteiger partial charge < -0.3 is 24.8 Å². The van der Waals surface area contributed by atoms with Gasteiger partial charge in [0, 0.05) is 5.41 Å². The molecule has 10 heteroatoms. The molecule has 184 valence electrons. The van der Waals surface area contributed by atoms with E-state index in [4.69, 9.17) is 21.1 Å². The number of aromatic nitrogens is 3. The number of halogens is 2. The van der Waals surface area contributed by atoms with Crippen LogP contribution in [0.2, 0.25) is 0 Å². The van der Waals surface area contributed by atoms with Crippen LogP contribution in [0.4, 0.5) is 0 Å². The average molecular weight is 598 g/mol. The molecule has 0 spiro atoms. The number of ether oxygens (including phenoxy) is 2. The maximum absolute atomic E-state index is 10.3. The molecule has 3 N–H and O–H groups in total. The molecule has 3 aromatic rings. The predicted octanol–water partition coefficient (Wildman–Crippen LogP) is 3.12. The van der Waals surface area contributed by atoms with Crippen LogP contribution in [0.1, 0.15) is 30.7 Å². The average Bonchev–Trinajstić information content (AvgIpc) is 3.20. The number of hydrogen-bond acceptors (Lipinski definition) is 7. The predicted molar refractivity (Wildman–Crippen MR) is 137 cm³/mol. The third-order valence-electron chi connectivity index (χ3n) is 5.54. The number of alkyl halides is 1. The van der Waals surface area contributed by atoms with E-state index < -0.39 is 12.2 Å². The summed E-state index contributed by atoms with van der Waals surface area (Å²) in [4.78, 5) is 0. The van der Waals surface area contributed by atoms with E-state index in [9.17, 15) is 15.3 Å². The van der Waals surface area contributed by atoms with Crippen LogP contribution in [0.5, 0.6) is 11.5 Å². The molecule has 0 bridgehead atoms. The van der Waals surface area contributed by atoms with Crippen molar-refractivity contribution in [3.63, 3.8) is 0 Å². The highest BCUT2D eigenvalue weighted by Gasteiger charge is 2.23. The molecular weight excluding hydrogens is 569 g/mol. The van der Waals surface area contributed by atoms with Crippen LogP contribution in [0.15, 0.2) is 48.5 Å². The molecule has 0 radical (unpaired) electrons. The van der Waals surface area contributed by atoms with Crippen molar-refractivity contribution < 1.29 is 24.8 Å². The zero-order valence-corrected chi connectivity index (χ0v) is 22.0. The number of aliphatic hydroxyl groups is 3. The minimum absolute atomic E-state index is 0.0872. The van der Waals surface area contributed by atoms with Gasteiger partial charge in [-0.2, -0.15) is 0 Å². The van der Waals surface area contributed by atoms with Gasteiger partial charge >= 0.3 is 0 Å². The standard InChI is InChI=1S/C24H29ClIN3O5/c1-24(2,16-3-7-20(8-4-16)33-14-18(31)11-25)17-5-9-21(10-6-17)34-15-19(32)12-29-22(13-30)23(26)27-28-29/h3-10,18-19,30-32H,11-15H2,1-2H3/t18-,19-/m0/s1/i26-4. The first-order chi connectivity index (χ1) is 16.2. The van der Waals surface area contributed by atoms with E-state index in [1.807, 2.05) is 71.1 Å². The monoisotopic (exact) mass is 597 g/mol. The number of benzene rings is 2. The van der Waals surface area contributed by atoms with E-state index in [-0.39, 0.29) is 37.7 Å². The quantitative estimate of drug-likeness (QED) is 0.217. The van der Waals surface area contributed by atoms with Crippen molar-refractivity contribution in [2.24, 2.45) is 0 Å². The van der Waals surface area contributed by atoms with Gasteiger partial charge in [0.05, 0.1) is 24.7 Å². The summed E-state index contributed by atoms with van der Waals surface area (Å²) in [5.74, 6) is 1.46. The Morgan fingerprint density at radius 1 is 0.941 bits per heavy atom. The summed E-state index contributed by atoms with van der Waals surface area (Å²) in [5, 5.41) is 37.1. The van der Waals surface area contributed by atoms with Crippen LogP contribution in [0.25, 0.3) is 0 Å². The number of nitrogens with zero attached hydrogens (tertiary/aromatic N) is 3. The van der Waals surface area contributed by atoms with Crippen LogP contribution in [0.3, 0.4) is 0 Å². The Morgan fingerprint density at radius 3 is 1.91 bits per heavy atom. The lowest BCUT2D eigenvalue weighted by Gasteiger charge is -2.26. The van der Waals surface area contributed by atoms with Crippen LogP contribution in [-0.4, -0.2) is 61.6 Å². The highest BCUT2D eigenvalue weighted by Crippen LogP contribution is 2.33. The largest absolute Gasteiger partial charge is 0.491 e. The van der Waals surface area contributed by atoms with Gasteiger partial charge in [-0.05, 0) is 58.0 Å². The van der Waals surface area contributed by atoms with Crippen molar-refractivity contribution in [2.45, 2.75) is 44.6 Å². The third-order valence-corrected chi connectivity index (χ3v) is 6.73. The van der Waals surface area contributed by atoms with Gasteiger partial charge in [0.1, 0.15) is 40.6 Å². The third kappa shape index (κ3) is 6.82. The van der Waals surface area contributed by atoms with Crippen molar-refractivity contribution in [2.75, 3.05) is 19.1 Å². The summed E-state index contributed by atoms with van der Waals surface area (Å²) in [7, 11) is 0. The van der Waals surface area contributed by atoms with Gasteiger partial charge in [0.2, 0.25) is 0 Å². The smallest absolute Gasteiger partial charge is 0.149 e. The molecule has 0 aliphatic rings. The van der Waals surface area contributed by atoms with Crippen LogP contribution in [-0.2, 0) is 18.6 Å². The number of hydrogen-bond donors (Lipinski definition) is 3. The first-order valence-electron chi connectivity index (χ1n) is 10.8. The zero-order valence-electron chi connectivity index (χ0n) is 19.1. The van der Waals surface area contributed by atoms with Gasteiger partial charge in [-0.1, -0.05) is 43.3 Å². The van der Waals surface area contributed by atoms with Crippen molar-refractivity contribution in [1.29, 1.82) is 0 Å². The van der Waals surface area contributed by atoms with Crippen molar-refractivity contribution in [3.05, 3.63) is 69.1 Å². The van der Waals surface area contributed by atoms with Crippen LogP contribution >= 0.6 is 34.2 Å². The summed E-state index contributed by atoms with van der Waals surface area (Å²) in [6.07, 6.45) is -1.49. The molecule has 2 aromatic carbocycles. The molecular formula is C24H29ClIN3O5. The summed E-state index contributed by atoms with van der Waals surface area (Å²) < 4.78 is 13.4. The molecule has 0 saturated heterocycles. The molecule has 0 unspecified atom stereocenters. The van der Waals surface area contributed by atoms with Gasteiger partial charge in [-0.3, -0.25) is 0 Å². The molecule has 0 aliphatic heterocycles. The van der Waals surface area contributed by atoms with Gasteiger partial charge in [0.15, 0.2) is 0 Å². The molecule has 34 heavy (non-hydrogen) atoms. The van der Waals surface area contributed by atoms with E-state index in [2.05, 4.69) is 24.2 Å². The minimum atomic E-state index is -0.801. The lowest BCUT2D eigenvalue weighted by atomic mass is 9.78. The molecule has 0 saturated carbocycles. The molecule has 8 nitrogen and oxygen atoms in total. The second-order valence-electron chi connectivity index (χ2n) is 8.42. The fourth-order valence-corrected chi connectivity index (χ4v) is 4.02. The zero-order chi connectivity index (χ0) is 24.7. The normalized spacial score (nSPS) is 13.5. The number of rotatable bonds is 12. The van der Waals surface area contributed by atoms with Gasteiger partial charge in [0.25, 0.3) is 0 Å². The van der Waals surface area contributed by atoms with Crippen LogP contribution < -0.4 is 9.47 Å². The summed E-state index contributed by atoms with van der Waals surface area (Å²) in [6.45, 7) is 4.51. The molecule has 3 rings (SSSR count). The molecule has 0 fully saturated rings. The lowest BCUT2D eigenvalue weighted by Crippen LogP contribution is -2.25. The first kappa shape index (κ1) is 26.7. The summed E-state index contributed by atoms with van der Waals surface area (Å²) in [5.41, 5.74) is 2.54. The fourth-order valence-electron chi connectivity index (χ4n) is 3.39. The van der Waals surface area contributed by atoms with Gasteiger partial charge in [-0.15, -0.1) is 16.7 Å². The van der Waals surface area contributed by atoms with Crippen LogP contribution in [0, 0.1) is 3.70 Å². The maximum atomic E-state index is 10.3. The molecule has 1 aromatic heterocycles. The van der Waals surface area contributed by atoms with E-state index in [0.29, 0.717) is 20.9 Å². The topological polar surface area (TPSA) is 110 Å². The van der Waals surface area contributed by atoms with Crippen molar-refractivity contribution in [3.8, 4) is 11.5 Å². The summed E-state index contributed by atoms with van der Waals surface area (Å²) >= 11 is 7.59. The van der Waals surface area contributed by atoms with E-state index in [1.54, 1.807) is 0 Å². The van der Waals surface area contributed by atoms with E-state index in [0.717, 1.165) is 11.1 Å². The Hall–Kier alpha value is -1.92. The molecule has 1 heterocycles. The fraction of sp³-hybridized carbons (Fsp3) is 0.417. The Labute approximate surface area is 217 Å². The minimum Gasteiger partial charge on any atom is -0.491 e. The maximum Gasteiger partial charge on any atom is 0.149 e. The molecule has 2 atom stereocenters. The second kappa shape index (κ2) is 12.2. The summed E-state index contributed by atoms with van der Waals surface area (Å²) in [6, 6.07) is 15.6. The van der Waals surface area contributed by atoms with Gasteiger partial charge in [-0.25, -0.2) is 4.68 Å². The van der Waals surface area contributed by atoms with E-state index >= 15 is 0 Å². The Morgan fingerprint density at radius 2 is 1.44 bits per heavy atom. The highest BCUT2D eigenvalue weighted by atomic mass is 123. The second-order valence-corrected chi connectivity index (χ2v) is 9.76. The van der Waals surface area contributed by atoms with E-state index in [1.165, 1.54) is 4.68 Å². The SMILES string of the molecule is CC(C)(c1ccc(OC[C@@H](O)Cn2nnc([123I])c2CO)cc1)c1ccc(OC[C@@H](O)CCl)cc1.